The van der Waals surface area contributed by atoms with Crippen LogP contribution in [0.15, 0.2) is 45.6 Å². The van der Waals surface area contributed by atoms with Gasteiger partial charge in [-0.1, -0.05) is 0 Å². The van der Waals surface area contributed by atoms with Crippen molar-refractivity contribution in [2.45, 2.75) is 19.5 Å². The van der Waals surface area contributed by atoms with Gasteiger partial charge in [0.15, 0.2) is 0 Å². The monoisotopic (exact) mass is 306 g/mol. The Kier molecular flexibility index (Phi) is 6.73. The van der Waals surface area contributed by atoms with Gasteiger partial charge in [-0.3, -0.25) is 9.69 Å². The summed E-state index contributed by atoms with van der Waals surface area (Å²) >= 11 is 0. The summed E-state index contributed by atoms with van der Waals surface area (Å²) in [5.74, 6) is 1.62. The highest BCUT2D eigenvalue weighted by Crippen LogP contribution is 2.10. The molecule has 0 unspecified atom stereocenters. The molecule has 0 atom stereocenters. The van der Waals surface area contributed by atoms with Crippen molar-refractivity contribution in [3.63, 3.8) is 0 Å². The topological polar surface area (TPSA) is 67.8 Å². The maximum atomic E-state index is 12.0. The van der Waals surface area contributed by atoms with Crippen molar-refractivity contribution in [3.05, 3.63) is 48.3 Å². The summed E-state index contributed by atoms with van der Waals surface area (Å²) in [6.45, 7) is 2.65. The van der Waals surface area contributed by atoms with Gasteiger partial charge < -0.3 is 18.9 Å². The first-order chi connectivity index (χ1) is 10.8. The second-order valence-corrected chi connectivity index (χ2v) is 5.00. The van der Waals surface area contributed by atoms with Gasteiger partial charge in [-0.2, -0.15) is 0 Å². The fourth-order valence-corrected chi connectivity index (χ4v) is 2.12. The number of hydrogen-bond acceptors (Lipinski definition) is 5. The summed E-state index contributed by atoms with van der Waals surface area (Å²) in [6.07, 6.45) is 4.06. The van der Waals surface area contributed by atoms with Crippen LogP contribution in [0, 0.1) is 0 Å². The van der Waals surface area contributed by atoms with Crippen molar-refractivity contribution in [1.29, 1.82) is 0 Å². The Morgan fingerprint density at radius 2 is 1.82 bits per heavy atom. The number of methoxy groups -OCH3 is 1. The Hall–Kier alpha value is -2.05. The number of nitrogens with one attached hydrogen (secondary N) is 1. The molecule has 0 aromatic carbocycles. The Labute approximate surface area is 130 Å². The predicted octanol–water partition coefficient (Wildman–Crippen LogP) is 2.03. The lowest BCUT2D eigenvalue weighted by molar-refractivity contribution is -0.122. The van der Waals surface area contributed by atoms with Gasteiger partial charge >= 0.3 is 0 Å². The molecule has 120 valence electrons. The molecule has 6 heteroatoms. The highest BCUT2D eigenvalue weighted by Gasteiger charge is 2.14. The second kappa shape index (κ2) is 9.07. The van der Waals surface area contributed by atoms with E-state index in [-0.39, 0.29) is 12.5 Å². The van der Waals surface area contributed by atoms with Crippen LogP contribution in [-0.4, -0.2) is 37.6 Å². The Balaban J connectivity index is 1.85. The first-order valence-corrected chi connectivity index (χ1v) is 7.30. The van der Waals surface area contributed by atoms with Gasteiger partial charge in [0.05, 0.1) is 32.2 Å². The second-order valence-electron chi connectivity index (χ2n) is 5.00. The van der Waals surface area contributed by atoms with Gasteiger partial charge in [-0.05, 0) is 30.7 Å². The van der Waals surface area contributed by atoms with E-state index in [1.807, 2.05) is 29.2 Å². The number of carbonyl (C=O) groups is 1. The van der Waals surface area contributed by atoms with E-state index >= 15 is 0 Å². The number of rotatable bonds is 10. The third-order valence-corrected chi connectivity index (χ3v) is 3.13. The molecule has 22 heavy (non-hydrogen) atoms. The first kappa shape index (κ1) is 16.3. The van der Waals surface area contributed by atoms with E-state index in [9.17, 15) is 4.79 Å². The molecule has 0 aliphatic carbocycles. The van der Waals surface area contributed by atoms with Gasteiger partial charge in [0.25, 0.3) is 0 Å². The summed E-state index contributed by atoms with van der Waals surface area (Å²) in [7, 11) is 1.65. The number of furan rings is 2. The lowest BCUT2D eigenvalue weighted by atomic mass is 10.3. The minimum Gasteiger partial charge on any atom is -0.468 e. The molecule has 0 saturated carbocycles. The van der Waals surface area contributed by atoms with Gasteiger partial charge in [-0.25, -0.2) is 0 Å². The van der Waals surface area contributed by atoms with Crippen LogP contribution in [0.25, 0.3) is 0 Å². The van der Waals surface area contributed by atoms with Crippen molar-refractivity contribution in [2.24, 2.45) is 0 Å². The predicted molar refractivity (Wildman–Crippen MR) is 81.0 cm³/mol. The van der Waals surface area contributed by atoms with Crippen LogP contribution in [-0.2, 0) is 22.6 Å². The standard InChI is InChI=1S/C16H22N2O4/c1-20-8-4-7-17-16(19)13-18(11-14-5-2-9-21-14)12-15-6-3-10-22-15/h2-3,5-6,9-10H,4,7-8,11-13H2,1H3,(H,17,19). The van der Waals surface area contributed by atoms with Crippen LogP contribution in [0.4, 0.5) is 0 Å². The van der Waals surface area contributed by atoms with E-state index < -0.39 is 0 Å². The lowest BCUT2D eigenvalue weighted by Gasteiger charge is -2.19. The molecule has 2 heterocycles. The fourth-order valence-electron chi connectivity index (χ4n) is 2.12. The van der Waals surface area contributed by atoms with Crippen molar-refractivity contribution < 1.29 is 18.4 Å². The molecule has 0 fully saturated rings. The quantitative estimate of drug-likeness (QED) is 0.680. The molecule has 0 aliphatic heterocycles. The molecule has 2 aromatic rings. The van der Waals surface area contributed by atoms with Crippen LogP contribution in [0.3, 0.4) is 0 Å². The molecule has 0 bridgehead atoms. The normalized spacial score (nSPS) is 11.0. The SMILES string of the molecule is COCCCNC(=O)CN(Cc1ccco1)Cc1ccco1. The average molecular weight is 306 g/mol. The van der Waals surface area contributed by atoms with Crippen molar-refractivity contribution in [1.82, 2.24) is 10.2 Å². The zero-order valence-corrected chi connectivity index (χ0v) is 12.8. The van der Waals surface area contributed by atoms with Crippen LogP contribution in [0.2, 0.25) is 0 Å². The van der Waals surface area contributed by atoms with Gasteiger partial charge in [0.2, 0.25) is 5.91 Å². The third-order valence-electron chi connectivity index (χ3n) is 3.13. The zero-order chi connectivity index (χ0) is 15.6. The Bertz CT molecular complexity index is 486. The van der Waals surface area contributed by atoms with Crippen molar-refractivity contribution in [3.8, 4) is 0 Å². The largest absolute Gasteiger partial charge is 0.468 e. The number of carbonyl (C=O) groups excluding carboxylic acids is 1. The van der Waals surface area contributed by atoms with Crippen molar-refractivity contribution in [2.75, 3.05) is 26.8 Å². The fraction of sp³-hybridized carbons (Fsp3) is 0.438. The van der Waals surface area contributed by atoms with E-state index in [1.54, 1.807) is 19.6 Å². The van der Waals surface area contributed by atoms with Crippen LogP contribution < -0.4 is 5.32 Å². The number of ether oxygens (including phenoxy) is 1. The van der Waals surface area contributed by atoms with Gasteiger partial charge in [0.1, 0.15) is 11.5 Å². The van der Waals surface area contributed by atoms with Gasteiger partial charge in [0, 0.05) is 20.3 Å². The number of nitrogens with zero attached hydrogens (tertiary/aromatic N) is 1. The van der Waals surface area contributed by atoms with Crippen LogP contribution >= 0.6 is 0 Å². The Morgan fingerprint density at radius 3 is 2.32 bits per heavy atom. The average Bonchev–Trinajstić information content (AvgIpc) is 3.17. The van der Waals surface area contributed by atoms with E-state index in [1.165, 1.54) is 0 Å². The molecular weight excluding hydrogens is 284 g/mol. The van der Waals surface area contributed by atoms with Gasteiger partial charge in [-0.15, -0.1) is 0 Å². The van der Waals surface area contributed by atoms with Crippen molar-refractivity contribution >= 4 is 5.91 Å². The molecule has 6 nitrogen and oxygen atoms in total. The molecule has 0 radical (unpaired) electrons. The van der Waals surface area contributed by atoms with E-state index in [4.69, 9.17) is 13.6 Å². The van der Waals surface area contributed by atoms with Crippen LogP contribution in [0.5, 0.6) is 0 Å². The maximum absolute atomic E-state index is 12.0. The highest BCUT2D eigenvalue weighted by atomic mass is 16.5. The minimum atomic E-state index is -0.0192. The lowest BCUT2D eigenvalue weighted by Crippen LogP contribution is -2.37. The minimum absolute atomic E-state index is 0.0192. The first-order valence-electron chi connectivity index (χ1n) is 7.30. The maximum Gasteiger partial charge on any atom is 0.234 e. The number of amides is 1. The zero-order valence-electron chi connectivity index (χ0n) is 12.8. The molecule has 1 amide bonds. The molecule has 2 rings (SSSR count). The molecular formula is C16H22N2O4. The molecule has 1 N–H and O–H groups in total. The van der Waals surface area contributed by atoms with Crippen LogP contribution in [0.1, 0.15) is 17.9 Å². The van der Waals surface area contributed by atoms with E-state index in [0.29, 0.717) is 26.2 Å². The summed E-state index contributed by atoms with van der Waals surface area (Å²) < 4.78 is 15.7. The molecule has 0 spiro atoms. The summed E-state index contributed by atoms with van der Waals surface area (Å²) in [5.41, 5.74) is 0. The van der Waals surface area contributed by atoms with E-state index in [2.05, 4.69) is 5.32 Å². The summed E-state index contributed by atoms with van der Waals surface area (Å²) in [4.78, 5) is 14.0. The third kappa shape index (κ3) is 5.75. The molecule has 2 aromatic heterocycles. The number of hydrogen-bond donors (Lipinski definition) is 1. The smallest absolute Gasteiger partial charge is 0.234 e. The summed E-state index contributed by atoms with van der Waals surface area (Å²) in [5, 5.41) is 2.89. The highest BCUT2D eigenvalue weighted by molar-refractivity contribution is 5.77. The molecule has 0 aliphatic rings. The Morgan fingerprint density at radius 1 is 1.18 bits per heavy atom. The van der Waals surface area contributed by atoms with E-state index in [0.717, 1.165) is 17.9 Å². The summed E-state index contributed by atoms with van der Waals surface area (Å²) in [6, 6.07) is 7.47. The molecule has 0 saturated heterocycles.